The summed E-state index contributed by atoms with van der Waals surface area (Å²) in [6, 6.07) is 15.8. The van der Waals surface area contributed by atoms with Crippen molar-refractivity contribution < 1.29 is 90.1 Å². The van der Waals surface area contributed by atoms with Gasteiger partial charge in [0.05, 0.1) is 23.3 Å². The van der Waals surface area contributed by atoms with Gasteiger partial charge in [0.25, 0.3) is 0 Å². The second-order valence-corrected chi connectivity index (χ2v) is 16.6. The van der Waals surface area contributed by atoms with Gasteiger partial charge in [-0.1, -0.05) is 18.2 Å². The number of aliphatic hydroxyl groups is 3. The molecule has 8 unspecified atom stereocenters. The molecule has 4 heterocycles. The first-order valence-electron chi connectivity index (χ1n) is 20.5. The zero-order valence-electron chi connectivity index (χ0n) is 34.2. The number of hydrogen-bond donors (Lipinski definition) is 14. The molecule has 344 valence electrons. The van der Waals surface area contributed by atoms with Gasteiger partial charge in [-0.3, -0.25) is 0 Å². The summed E-state index contributed by atoms with van der Waals surface area (Å²) in [5, 5.41) is 158. The molecule has 19 nitrogen and oxygen atoms in total. The standard InChI is InChI=1S/C48H38O19/c49-21-5-1-16(9-25(21)53)43-32(60)12-20-24(52)13-28(56)35(47(20)65-43)39-37-29(57)14-30(58)38(48(37)67-45(42(39)63)18-3-7-23(51)27(55)11-18)40-36-31(59)15-33-19(4-8-34(61)64-33)46(36)66-44(41(40)62)17-2-6-22(50)26(54)10-17/h1-11,13-15,32,39-45,49-60,62-63H,12H2. The van der Waals surface area contributed by atoms with Crippen molar-refractivity contribution in [3.8, 4) is 80.5 Å². The van der Waals surface area contributed by atoms with Crippen molar-refractivity contribution in [2.75, 3.05) is 0 Å². The van der Waals surface area contributed by atoms with Gasteiger partial charge in [-0.05, 0) is 59.2 Å². The van der Waals surface area contributed by atoms with E-state index in [2.05, 4.69) is 0 Å². The first-order chi connectivity index (χ1) is 31.9. The van der Waals surface area contributed by atoms with Gasteiger partial charge in [0, 0.05) is 58.5 Å². The Morgan fingerprint density at radius 3 is 1.33 bits per heavy atom. The fourth-order valence-corrected chi connectivity index (χ4v) is 9.54. The molecule has 0 bridgehead atoms. The molecule has 0 spiro atoms. The molecule has 7 aromatic rings. The predicted molar refractivity (Wildman–Crippen MR) is 229 cm³/mol. The molecule has 0 saturated heterocycles. The quantitative estimate of drug-likeness (QED) is 0.0811. The third-order valence-electron chi connectivity index (χ3n) is 12.6. The molecule has 10 rings (SSSR count). The van der Waals surface area contributed by atoms with Crippen LogP contribution in [0.4, 0.5) is 0 Å². The maximum Gasteiger partial charge on any atom is 0.336 e. The minimum atomic E-state index is -1.93. The van der Waals surface area contributed by atoms with Crippen LogP contribution in [0, 0.1) is 0 Å². The summed E-state index contributed by atoms with van der Waals surface area (Å²) in [7, 11) is 0. The average molecular weight is 919 g/mol. The van der Waals surface area contributed by atoms with E-state index < -0.39 is 123 Å². The summed E-state index contributed by atoms with van der Waals surface area (Å²) >= 11 is 0. The smallest absolute Gasteiger partial charge is 0.336 e. The van der Waals surface area contributed by atoms with Crippen LogP contribution >= 0.6 is 0 Å². The van der Waals surface area contributed by atoms with Crippen LogP contribution in [0.1, 0.15) is 74.7 Å². The summed E-state index contributed by atoms with van der Waals surface area (Å²) in [4.78, 5) is 12.3. The largest absolute Gasteiger partial charge is 0.507 e. The van der Waals surface area contributed by atoms with E-state index in [9.17, 15) is 76.3 Å². The predicted octanol–water partition coefficient (Wildman–Crippen LogP) is 4.84. The molecular formula is C48H38O19. The first kappa shape index (κ1) is 42.6. The van der Waals surface area contributed by atoms with Crippen molar-refractivity contribution in [2.24, 2.45) is 0 Å². The van der Waals surface area contributed by atoms with Crippen LogP contribution in [-0.2, 0) is 6.42 Å². The van der Waals surface area contributed by atoms with E-state index in [0.717, 1.165) is 60.7 Å². The highest BCUT2D eigenvalue weighted by atomic mass is 16.5. The number of benzene rings is 6. The molecule has 0 saturated carbocycles. The molecule has 3 aliphatic rings. The summed E-state index contributed by atoms with van der Waals surface area (Å²) in [5.41, 5.74) is -2.15. The first-order valence-corrected chi connectivity index (χ1v) is 20.5. The monoisotopic (exact) mass is 918 g/mol. The molecular weight excluding hydrogens is 881 g/mol. The molecule has 8 atom stereocenters. The van der Waals surface area contributed by atoms with E-state index in [-0.39, 0.29) is 73.4 Å². The van der Waals surface area contributed by atoms with E-state index in [1.807, 2.05) is 0 Å². The Bertz CT molecular complexity index is 3250. The topological polar surface area (TPSA) is 341 Å². The molecule has 19 heteroatoms. The van der Waals surface area contributed by atoms with Crippen molar-refractivity contribution in [2.45, 2.75) is 54.9 Å². The second kappa shape index (κ2) is 15.4. The minimum Gasteiger partial charge on any atom is -0.507 e. The van der Waals surface area contributed by atoms with Gasteiger partial charge in [-0.25, -0.2) is 4.79 Å². The van der Waals surface area contributed by atoms with Gasteiger partial charge in [0.15, 0.2) is 46.7 Å². The van der Waals surface area contributed by atoms with Crippen LogP contribution in [-0.4, -0.2) is 89.8 Å². The lowest BCUT2D eigenvalue weighted by Crippen LogP contribution is -2.39. The normalized spacial score (nSPS) is 23.0. The highest BCUT2D eigenvalue weighted by Crippen LogP contribution is 2.62. The Kier molecular flexibility index (Phi) is 9.76. The van der Waals surface area contributed by atoms with Crippen LogP contribution < -0.4 is 19.8 Å². The zero-order chi connectivity index (χ0) is 47.5. The average Bonchev–Trinajstić information content (AvgIpc) is 3.27. The fourth-order valence-electron chi connectivity index (χ4n) is 9.54. The molecule has 0 amide bonds. The van der Waals surface area contributed by atoms with E-state index in [1.54, 1.807) is 0 Å². The van der Waals surface area contributed by atoms with Crippen molar-refractivity contribution in [3.05, 3.63) is 140 Å². The van der Waals surface area contributed by atoms with Crippen molar-refractivity contribution >= 4 is 11.0 Å². The number of aromatic hydroxyl groups is 11. The third kappa shape index (κ3) is 6.66. The van der Waals surface area contributed by atoms with Crippen LogP contribution in [0.5, 0.6) is 80.5 Å². The number of phenols is 11. The van der Waals surface area contributed by atoms with Gasteiger partial charge in [-0.15, -0.1) is 0 Å². The number of ether oxygens (including phenoxy) is 3. The maximum atomic E-state index is 12.6. The lowest BCUT2D eigenvalue weighted by Gasteiger charge is -2.43. The van der Waals surface area contributed by atoms with Crippen LogP contribution in [0.3, 0.4) is 0 Å². The van der Waals surface area contributed by atoms with E-state index >= 15 is 0 Å². The zero-order valence-corrected chi connectivity index (χ0v) is 34.2. The van der Waals surface area contributed by atoms with E-state index in [0.29, 0.717) is 0 Å². The molecule has 67 heavy (non-hydrogen) atoms. The third-order valence-corrected chi connectivity index (χ3v) is 12.6. The summed E-state index contributed by atoms with van der Waals surface area (Å²) in [5.74, 6) is -11.2. The van der Waals surface area contributed by atoms with E-state index in [4.69, 9.17) is 18.6 Å². The van der Waals surface area contributed by atoms with Crippen LogP contribution in [0.2, 0.25) is 0 Å². The van der Waals surface area contributed by atoms with Crippen molar-refractivity contribution in [3.63, 3.8) is 0 Å². The van der Waals surface area contributed by atoms with Gasteiger partial charge >= 0.3 is 5.63 Å². The Balaban J connectivity index is 1.26. The Morgan fingerprint density at radius 2 is 0.821 bits per heavy atom. The summed E-state index contributed by atoms with van der Waals surface area (Å²) in [6.45, 7) is 0. The van der Waals surface area contributed by atoms with Crippen molar-refractivity contribution in [1.82, 2.24) is 0 Å². The molecule has 0 aliphatic carbocycles. The molecule has 6 aromatic carbocycles. The minimum absolute atomic E-state index is 0.0256. The summed E-state index contributed by atoms with van der Waals surface area (Å²) < 4.78 is 24.6. The van der Waals surface area contributed by atoms with Crippen LogP contribution in [0.25, 0.3) is 11.0 Å². The number of aliphatic hydroxyl groups excluding tert-OH is 3. The maximum absolute atomic E-state index is 12.6. The Labute approximate surface area is 375 Å². The van der Waals surface area contributed by atoms with Crippen LogP contribution in [0.15, 0.2) is 94.1 Å². The highest BCUT2D eigenvalue weighted by molar-refractivity contribution is 5.88. The molecule has 14 N–H and O–H groups in total. The lowest BCUT2D eigenvalue weighted by molar-refractivity contribution is -0.00521. The number of hydrogen-bond acceptors (Lipinski definition) is 19. The number of phenolic OH excluding ortho intramolecular Hbond substituents is 11. The van der Waals surface area contributed by atoms with E-state index in [1.165, 1.54) is 24.3 Å². The lowest BCUT2D eigenvalue weighted by atomic mass is 9.73. The highest BCUT2D eigenvalue weighted by Gasteiger charge is 2.51. The van der Waals surface area contributed by atoms with Crippen molar-refractivity contribution in [1.29, 1.82) is 0 Å². The van der Waals surface area contributed by atoms with Gasteiger partial charge in [0.2, 0.25) is 0 Å². The number of fused-ring (bicyclic) bond motifs is 5. The molecule has 1 aromatic heterocycles. The van der Waals surface area contributed by atoms with Gasteiger partial charge in [0.1, 0.15) is 69.9 Å². The molecule has 3 aliphatic heterocycles. The Hall–Kier alpha value is -8.39. The number of rotatable bonds is 5. The fraction of sp³-hybridized carbons (Fsp3) is 0.188. The summed E-state index contributed by atoms with van der Waals surface area (Å²) in [6.07, 6.45) is -10.1. The molecule has 0 fully saturated rings. The van der Waals surface area contributed by atoms with Gasteiger partial charge in [-0.2, -0.15) is 0 Å². The van der Waals surface area contributed by atoms with Gasteiger partial charge < -0.3 is 90.1 Å². The second-order valence-electron chi connectivity index (χ2n) is 16.6. The Morgan fingerprint density at radius 1 is 0.403 bits per heavy atom. The SMILES string of the molecule is O=c1ccc2c3c(c(O)cc2o1)C(c1c(O)cc(O)c2c1OC(c1ccc(O)c(O)c1)C(O)C2c1c(O)cc(O)c2c1OC(c1ccc(O)c(O)c1)C(O)C2)C(O)C(c1ccc(O)c(O)c1)O3. The molecule has 0 radical (unpaired) electrons.